The predicted molar refractivity (Wildman–Crippen MR) is 85.1 cm³/mol. The minimum absolute atomic E-state index is 0.389. The van der Waals surface area contributed by atoms with Gasteiger partial charge in [-0.25, -0.2) is 0 Å². The van der Waals surface area contributed by atoms with Crippen LogP contribution < -0.4 is 5.32 Å². The van der Waals surface area contributed by atoms with Crippen LogP contribution in [0.15, 0.2) is 0 Å². The van der Waals surface area contributed by atoms with Crippen molar-refractivity contribution in [3.63, 3.8) is 0 Å². The highest BCUT2D eigenvalue weighted by Gasteiger charge is 2.37. The first-order valence-electron chi connectivity index (χ1n) is 8.76. The molecule has 5 atom stereocenters. The van der Waals surface area contributed by atoms with Gasteiger partial charge in [0.25, 0.3) is 0 Å². The van der Waals surface area contributed by atoms with Gasteiger partial charge in [0.1, 0.15) is 0 Å². The average Bonchev–Trinajstić information content (AvgIpc) is 2.47. The molecule has 5 unspecified atom stereocenters. The van der Waals surface area contributed by atoms with E-state index in [-0.39, 0.29) is 0 Å². The average molecular weight is 282 g/mol. The van der Waals surface area contributed by atoms with E-state index in [9.17, 15) is 0 Å². The normalized spacial score (nSPS) is 39.9. The Morgan fingerprint density at radius 3 is 2.70 bits per heavy atom. The number of nitrogens with zero attached hydrogens (tertiary/aromatic N) is 1. The lowest BCUT2D eigenvalue weighted by Crippen LogP contribution is -2.60. The molecule has 0 amide bonds. The fraction of sp³-hybridized carbons (Fsp3) is 1.00. The van der Waals surface area contributed by atoms with E-state index in [0.717, 1.165) is 25.6 Å². The summed E-state index contributed by atoms with van der Waals surface area (Å²) in [5.41, 5.74) is 0. The van der Waals surface area contributed by atoms with Crippen molar-refractivity contribution in [2.75, 3.05) is 19.7 Å². The monoisotopic (exact) mass is 282 g/mol. The van der Waals surface area contributed by atoms with E-state index in [2.05, 4.69) is 37.9 Å². The highest BCUT2D eigenvalue weighted by molar-refractivity contribution is 4.94. The molecule has 2 rings (SSSR count). The van der Waals surface area contributed by atoms with E-state index >= 15 is 0 Å². The van der Waals surface area contributed by atoms with E-state index < -0.39 is 0 Å². The van der Waals surface area contributed by atoms with Gasteiger partial charge in [-0.3, -0.25) is 4.90 Å². The zero-order valence-electron chi connectivity index (χ0n) is 13.9. The summed E-state index contributed by atoms with van der Waals surface area (Å²) in [6.07, 6.45) is 7.08. The molecule has 118 valence electrons. The summed E-state index contributed by atoms with van der Waals surface area (Å²) in [4.78, 5) is 2.74. The number of nitrogens with one attached hydrogen (secondary N) is 1. The van der Waals surface area contributed by atoms with Crippen LogP contribution in [0.2, 0.25) is 0 Å². The molecule has 1 aliphatic carbocycles. The second kappa shape index (κ2) is 7.77. The van der Waals surface area contributed by atoms with Crippen molar-refractivity contribution in [1.82, 2.24) is 10.2 Å². The highest BCUT2D eigenvalue weighted by Crippen LogP contribution is 2.32. The van der Waals surface area contributed by atoms with Crippen LogP contribution in [0.1, 0.15) is 59.8 Å². The number of morpholine rings is 1. The summed E-state index contributed by atoms with van der Waals surface area (Å²) < 4.78 is 5.82. The molecule has 0 aromatic rings. The number of ether oxygens (including phenoxy) is 1. The fourth-order valence-electron chi connectivity index (χ4n) is 3.93. The Kier molecular flexibility index (Phi) is 6.31. The third kappa shape index (κ3) is 3.96. The van der Waals surface area contributed by atoms with Crippen LogP contribution in [0.5, 0.6) is 0 Å². The van der Waals surface area contributed by atoms with E-state index in [4.69, 9.17) is 4.74 Å². The van der Waals surface area contributed by atoms with Crippen LogP contribution in [0.3, 0.4) is 0 Å². The van der Waals surface area contributed by atoms with Gasteiger partial charge in [-0.05, 0) is 52.0 Å². The Bertz CT molecular complexity index is 284. The van der Waals surface area contributed by atoms with Crippen LogP contribution in [-0.2, 0) is 4.74 Å². The first-order valence-corrected chi connectivity index (χ1v) is 8.76. The largest absolute Gasteiger partial charge is 0.376 e. The molecule has 1 N–H and O–H groups in total. The van der Waals surface area contributed by atoms with E-state index in [0.29, 0.717) is 24.2 Å². The summed E-state index contributed by atoms with van der Waals surface area (Å²) in [5.74, 6) is 0.921. The lowest BCUT2D eigenvalue weighted by molar-refractivity contribution is -0.0799. The maximum atomic E-state index is 5.82. The van der Waals surface area contributed by atoms with Crippen molar-refractivity contribution >= 4 is 0 Å². The molecule has 0 aromatic carbocycles. The Hall–Kier alpha value is -0.120. The fourth-order valence-corrected chi connectivity index (χ4v) is 3.93. The molecule has 3 heteroatoms. The minimum Gasteiger partial charge on any atom is -0.376 e. The van der Waals surface area contributed by atoms with E-state index in [1.54, 1.807) is 0 Å². The summed E-state index contributed by atoms with van der Waals surface area (Å²) in [6, 6.07) is 1.96. The summed E-state index contributed by atoms with van der Waals surface area (Å²) in [5, 5.41) is 3.82. The van der Waals surface area contributed by atoms with Gasteiger partial charge in [-0.2, -0.15) is 0 Å². The second-order valence-electron chi connectivity index (χ2n) is 6.91. The van der Waals surface area contributed by atoms with Gasteiger partial charge in [-0.15, -0.1) is 0 Å². The lowest BCUT2D eigenvalue weighted by Gasteiger charge is -2.48. The number of rotatable bonds is 5. The number of hydrogen-bond acceptors (Lipinski definition) is 3. The van der Waals surface area contributed by atoms with Gasteiger partial charge < -0.3 is 10.1 Å². The Morgan fingerprint density at radius 2 is 2.00 bits per heavy atom. The molecule has 1 saturated heterocycles. The zero-order valence-corrected chi connectivity index (χ0v) is 13.9. The Balaban J connectivity index is 2.04. The SMILES string of the molecule is CCCNC1CCC(CC)CC1N1CC(C)OCC1C. The predicted octanol–water partition coefficient (Wildman–Crippen LogP) is 3.04. The Morgan fingerprint density at radius 1 is 1.20 bits per heavy atom. The molecule has 1 saturated carbocycles. The minimum atomic E-state index is 0.389. The van der Waals surface area contributed by atoms with Gasteiger partial charge in [0.05, 0.1) is 12.7 Å². The van der Waals surface area contributed by atoms with Crippen LogP contribution in [0.25, 0.3) is 0 Å². The summed E-state index contributed by atoms with van der Waals surface area (Å²) in [7, 11) is 0. The van der Waals surface area contributed by atoms with Gasteiger partial charge in [0.15, 0.2) is 0 Å². The van der Waals surface area contributed by atoms with Gasteiger partial charge in [0, 0.05) is 24.7 Å². The maximum absolute atomic E-state index is 5.82. The second-order valence-corrected chi connectivity index (χ2v) is 6.91. The summed E-state index contributed by atoms with van der Waals surface area (Å²) >= 11 is 0. The van der Waals surface area contributed by atoms with Crippen molar-refractivity contribution in [2.45, 2.75) is 84.0 Å². The first kappa shape index (κ1) is 16.3. The van der Waals surface area contributed by atoms with Gasteiger partial charge in [-0.1, -0.05) is 20.3 Å². The topological polar surface area (TPSA) is 24.5 Å². The van der Waals surface area contributed by atoms with Crippen LogP contribution >= 0.6 is 0 Å². The highest BCUT2D eigenvalue weighted by atomic mass is 16.5. The Labute approximate surface area is 125 Å². The third-order valence-corrected chi connectivity index (χ3v) is 5.24. The smallest absolute Gasteiger partial charge is 0.0674 e. The molecule has 20 heavy (non-hydrogen) atoms. The number of hydrogen-bond donors (Lipinski definition) is 1. The first-order chi connectivity index (χ1) is 9.65. The van der Waals surface area contributed by atoms with Crippen molar-refractivity contribution in [1.29, 1.82) is 0 Å². The molecule has 3 nitrogen and oxygen atoms in total. The lowest BCUT2D eigenvalue weighted by atomic mass is 9.79. The van der Waals surface area contributed by atoms with Crippen molar-refractivity contribution < 1.29 is 4.74 Å². The standard InChI is InChI=1S/C17H34N2O/c1-5-9-18-16-8-7-15(6-2)10-17(16)19-11-14(4)20-12-13(19)3/h13-18H,5-12H2,1-4H3. The van der Waals surface area contributed by atoms with Crippen molar-refractivity contribution in [2.24, 2.45) is 5.92 Å². The van der Waals surface area contributed by atoms with E-state index in [1.807, 2.05) is 0 Å². The van der Waals surface area contributed by atoms with E-state index in [1.165, 1.54) is 32.1 Å². The molecular weight excluding hydrogens is 248 g/mol. The molecular formula is C17H34N2O. The molecule has 0 bridgehead atoms. The van der Waals surface area contributed by atoms with Crippen molar-refractivity contribution in [3.05, 3.63) is 0 Å². The molecule has 2 fully saturated rings. The van der Waals surface area contributed by atoms with Gasteiger partial charge >= 0.3 is 0 Å². The van der Waals surface area contributed by atoms with Gasteiger partial charge in [0.2, 0.25) is 0 Å². The summed E-state index contributed by atoms with van der Waals surface area (Å²) in [6.45, 7) is 12.3. The quantitative estimate of drug-likeness (QED) is 0.839. The molecule has 1 heterocycles. The molecule has 1 aliphatic heterocycles. The maximum Gasteiger partial charge on any atom is 0.0674 e. The molecule has 0 spiro atoms. The molecule has 0 aromatic heterocycles. The third-order valence-electron chi connectivity index (χ3n) is 5.24. The molecule has 0 radical (unpaired) electrons. The van der Waals surface area contributed by atoms with Crippen molar-refractivity contribution in [3.8, 4) is 0 Å². The van der Waals surface area contributed by atoms with Crippen LogP contribution in [0.4, 0.5) is 0 Å². The zero-order chi connectivity index (χ0) is 14.5. The van der Waals surface area contributed by atoms with Crippen LogP contribution in [-0.4, -0.2) is 48.8 Å². The molecule has 2 aliphatic rings. The van der Waals surface area contributed by atoms with Crippen LogP contribution in [0, 0.1) is 5.92 Å².